The minimum absolute atomic E-state index is 0.143. The number of hydrogen-bond acceptors (Lipinski definition) is 9. The number of nitrogens with zero attached hydrogens (tertiary/aromatic N) is 5. The maximum Gasteiger partial charge on any atom is 0.355 e. The Balaban J connectivity index is 1.77. The summed E-state index contributed by atoms with van der Waals surface area (Å²) >= 11 is 0. The predicted octanol–water partition coefficient (Wildman–Crippen LogP) is 1.65. The van der Waals surface area contributed by atoms with Crippen molar-refractivity contribution < 1.29 is 14.6 Å². The van der Waals surface area contributed by atoms with Crippen LogP contribution in [0.15, 0.2) is 30.6 Å². The van der Waals surface area contributed by atoms with Crippen LogP contribution in [-0.4, -0.2) is 38.8 Å². The maximum atomic E-state index is 12.2. The molecule has 1 aromatic carbocycles. The van der Waals surface area contributed by atoms with Crippen molar-refractivity contribution in [1.82, 2.24) is 15.4 Å². The topological polar surface area (TPSA) is 156 Å². The number of anilines is 2. The monoisotopic (exact) mass is 373 g/mol. The van der Waals surface area contributed by atoms with Gasteiger partial charge < -0.3 is 4.90 Å². The van der Waals surface area contributed by atoms with Crippen molar-refractivity contribution >= 4 is 28.9 Å². The van der Waals surface area contributed by atoms with Crippen LogP contribution in [0.25, 0.3) is 0 Å². The average molecular weight is 373 g/mol. The number of benzene rings is 1. The highest BCUT2D eigenvalue weighted by Gasteiger charge is 2.28. The Hall–Kier alpha value is -3.83. The van der Waals surface area contributed by atoms with Crippen molar-refractivity contribution in [3.05, 3.63) is 56.4 Å². The van der Waals surface area contributed by atoms with Gasteiger partial charge >= 0.3 is 5.69 Å². The molecule has 140 valence electrons. The fraction of sp³-hybridized carbons (Fsp3) is 0.267. The van der Waals surface area contributed by atoms with E-state index in [9.17, 15) is 25.0 Å². The highest BCUT2D eigenvalue weighted by Crippen LogP contribution is 2.33. The van der Waals surface area contributed by atoms with Gasteiger partial charge in [0.05, 0.1) is 9.85 Å². The second-order valence-electron chi connectivity index (χ2n) is 5.73. The summed E-state index contributed by atoms with van der Waals surface area (Å²) in [4.78, 5) is 42.8. The second kappa shape index (κ2) is 7.59. The number of hydrazine groups is 1. The molecule has 3 rings (SSSR count). The Morgan fingerprint density at radius 3 is 2.30 bits per heavy atom. The molecule has 1 amide bonds. The molecular formula is C15H15N7O5. The molecule has 2 heterocycles. The molecule has 0 spiro atoms. The summed E-state index contributed by atoms with van der Waals surface area (Å²) in [7, 11) is 0. The predicted molar refractivity (Wildman–Crippen MR) is 94.3 cm³/mol. The number of carbonyl (C=O) groups is 1. The van der Waals surface area contributed by atoms with Gasteiger partial charge in [-0.15, -0.1) is 0 Å². The molecule has 1 aromatic heterocycles. The Bertz CT molecular complexity index is 881. The van der Waals surface area contributed by atoms with Gasteiger partial charge in [-0.2, -0.15) is 0 Å². The van der Waals surface area contributed by atoms with Gasteiger partial charge in [0.2, 0.25) is 11.6 Å². The van der Waals surface area contributed by atoms with Crippen molar-refractivity contribution in [2.75, 3.05) is 23.4 Å². The molecule has 2 N–H and O–H groups in total. The van der Waals surface area contributed by atoms with Gasteiger partial charge in [-0.25, -0.2) is 9.97 Å². The minimum Gasteiger partial charge on any atom is -0.351 e. The Kier molecular flexibility index (Phi) is 5.06. The zero-order valence-electron chi connectivity index (χ0n) is 14.0. The SMILES string of the molecule is O=C(NNc1ncnc(N2CCCC2)c1[N+](=O)[O-])c1ccc([N+](=O)[O-])cc1. The van der Waals surface area contributed by atoms with Crippen LogP contribution in [0.5, 0.6) is 0 Å². The number of aromatic nitrogens is 2. The number of nitro groups is 2. The molecule has 0 unspecified atom stereocenters. The van der Waals surface area contributed by atoms with E-state index >= 15 is 0 Å². The van der Waals surface area contributed by atoms with E-state index in [0.717, 1.165) is 12.8 Å². The fourth-order valence-electron chi connectivity index (χ4n) is 2.71. The van der Waals surface area contributed by atoms with Gasteiger partial charge in [0.1, 0.15) is 6.33 Å². The van der Waals surface area contributed by atoms with Gasteiger partial charge in [0.25, 0.3) is 11.6 Å². The molecule has 12 nitrogen and oxygen atoms in total. The summed E-state index contributed by atoms with van der Waals surface area (Å²) in [5.74, 6) is -0.577. The lowest BCUT2D eigenvalue weighted by Gasteiger charge is -2.17. The summed E-state index contributed by atoms with van der Waals surface area (Å²) in [6, 6.07) is 4.93. The van der Waals surface area contributed by atoms with Crippen LogP contribution in [0.2, 0.25) is 0 Å². The van der Waals surface area contributed by atoms with Crippen LogP contribution in [0.4, 0.5) is 23.0 Å². The van der Waals surface area contributed by atoms with Crippen molar-refractivity contribution in [3.63, 3.8) is 0 Å². The highest BCUT2D eigenvalue weighted by molar-refractivity contribution is 5.95. The van der Waals surface area contributed by atoms with Crippen molar-refractivity contribution in [1.29, 1.82) is 0 Å². The first-order chi connectivity index (χ1) is 13.0. The number of amides is 1. The molecule has 1 aliphatic rings. The molecule has 1 saturated heterocycles. The Morgan fingerprint density at radius 2 is 1.70 bits per heavy atom. The molecular weight excluding hydrogens is 358 g/mol. The molecule has 0 aliphatic carbocycles. The first-order valence-electron chi connectivity index (χ1n) is 8.02. The lowest BCUT2D eigenvalue weighted by atomic mass is 10.2. The molecule has 1 aliphatic heterocycles. The largest absolute Gasteiger partial charge is 0.355 e. The molecule has 0 radical (unpaired) electrons. The number of hydrogen-bond donors (Lipinski definition) is 2. The van der Waals surface area contributed by atoms with Crippen LogP contribution >= 0.6 is 0 Å². The number of nitro benzene ring substituents is 1. The normalized spacial score (nSPS) is 13.3. The van der Waals surface area contributed by atoms with Crippen LogP contribution in [-0.2, 0) is 0 Å². The van der Waals surface area contributed by atoms with Crippen molar-refractivity contribution in [3.8, 4) is 0 Å². The van der Waals surface area contributed by atoms with Gasteiger partial charge in [-0.3, -0.25) is 35.9 Å². The lowest BCUT2D eigenvalue weighted by molar-refractivity contribution is -0.384. The summed E-state index contributed by atoms with van der Waals surface area (Å²) in [6.45, 7) is 1.32. The lowest BCUT2D eigenvalue weighted by Crippen LogP contribution is -2.31. The standard InChI is InChI=1S/C15H15N7O5/c23-15(10-3-5-11(6-4-10)21(24)25)19-18-13-12(22(26)27)14(17-9-16-13)20-7-1-2-8-20/h3-6,9H,1-2,7-8H2,(H,19,23)(H,16,17,18). The van der Waals surface area contributed by atoms with E-state index in [1.165, 1.54) is 30.6 Å². The van der Waals surface area contributed by atoms with Crippen molar-refractivity contribution in [2.45, 2.75) is 12.8 Å². The number of rotatable bonds is 6. The van der Waals surface area contributed by atoms with Gasteiger partial charge in [-0.05, 0) is 25.0 Å². The summed E-state index contributed by atoms with van der Waals surface area (Å²) in [6.07, 6.45) is 3.02. The van der Waals surface area contributed by atoms with E-state index in [1.54, 1.807) is 4.90 Å². The zero-order chi connectivity index (χ0) is 19.4. The maximum absolute atomic E-state index is 12.2. The smallest absolute Gasteiger partial charge is 0.351 e. The first-order valence-corrected chi connectivity index (χ1v) is 8.02. The van der Waals surface area contributed by atoms with E-state index in [0.29, 0.717) is 13.1 Å². The molecule has 12 heteroatoms. The highest BCUT2D eigenvalue weighted by atomic mass is 16.6. The minimum atomic E-state index is -0.625. The van der Waals surface area contributed by atoms with Gasteiger partial charge in [-0.1, -0.05) is 0 Å². The van der Waals surface area contributed by atoms with E-state index in [4.69, 9.17) is 0 Å². The third-order valence-corrected chi connectivity index (χ3v) is 4.03. The summed E-state index contributed by atoms with van der Waals surface area (Å²) < 4.78 is 0. The number of nitrogens with one attached hydrogen (secondary N) is 2. The fourth-order valence-corrected chi connectivity index (χ4v) is 2.71. The molecule has 0 saturated carbocycles. The third-order valence-electron chi connectivity index (χ3n) is 4.03. The summed E-state index contributed by atoms with van der Waals surface area (Å²) in [5, 5.41) is 22.1. The molecule has 27 heavy (non-hydrogen) atoms. The van der Waals surface area contributed by atoms with Crippen molar-refractivity contribution in [2.24, 2.45) is 0 Å². The molecule has 0 bridgehead atoms. The van der Waals surface area contributed by atoms with Gasteiger partial charge in [0.15, 0.2) is 0 Å². The van der Waals surface area contributed by atoms with E-state index < -0.39 is 15.8 Å². The average Bonchev–Trinajstić information content (AvgIpc) is 3.20. The van der Waals surface area contributed by atoms with Gasteiger partial charge in [0, 0.05) is 30.8 Å². The molecule has 1 fully saturated rings. The summed E-state index contributed by atoms with van der Waals surface area (Å²) in [5.41, 5.74) is 4.41. The zero-order valence-corrected chi connectivity index (χ0v) is 14.0. The van der Waals surface area contributed by atoms with E-state index in [1.807, 2.05) is 0 Å². The quantitative estimate of drug-likeness (QED) is 0.567. The van der Waals surface area contributed by atoms with Crippen LogP contribution in [0.3, 0.4) is 0 Å². The number of carbonyl (C=O) groups excluding carboxylic acids is 1. The molecule has 2 aromatic rings. The molecule has 0 atom stereocenters. The van der Waals surface area contributed by atoms with E-state index in [-0.39, 0.29) is 28.6 Å². The van der Waals surface area contributed by atoms with Crippen LogP contribution in [0.1, 0.15) is 23.2 Å². The van der Waals surface area contributed by atoms with E-state index in [2.05, 4.69) is 20.8 Å². The number of non-ortho nitro benzene ring substituents is 1. The Morgan fingerprint density at radius 1 is 1.04 bits per heavy atom. The third kappa shape index (κ3) is 3.89. The Labute approximate surface area is 152 Å². The second-order valence-corrected chi connectivity index (χ2v) is 5.73. The van der Waals surface area contributed by atoms with Crippen LogP contribution in [0, 0.1) is 20.2 Å². The van der Waals surface area contributed by atoms with Crippen LogP contribution < -0.4 is 15.8 Å². The first kappa shape index (κ1) is 18.0.